The zero-order chi connectivity index (χ0) is 19.9. The van der Waals surface area contributed by atoms with E-state index in [0.717, 1.165) is 11.4 Å². The van der Waals surface area contributed by atoms with Crippen LogP contribution >= 0.6 is 0 Å². The normalized spacial score (nSPS) is 10.7. The molecule has 1 aromatic carbocycles. The van der Waals surface area contributed by atoms with Gasteiger partial charge in [-0.05, 0) is 44.5 Å². The maximum Gasteiger partial charge on any atom is 0.270 e. The number of pyridine rings is 1. The predicted molar refractivity (Wildman–Crippen MR) is 110 cm³/mol. The van der Waals surface area contributed by atoms with Crippen molar-refractivity contribution in [2.75, 3.05) is 4.90 Å². The highest BCUT2D eigenvalue weighted by atomic mass is 16.1. The second kappa shape index (κ2) is 9.08. The average molecular weight is 375 g/mol. The van der Waals surface area contributed by atoms with Crippen molar-refractivity contribution in [3.63, 3.8) is 0 Å². The van der Waals surface area contributed by atoms with Crippen LogP contribution in [0.4, 0.5) is 5.95 Å². The van der Waals surface area contributed by atoms with Crippen molar-refractivity contribution in [3.05, 3.63) is 83.4 Å². The van der Waals surface area contributed by atoms with Crippen LogP contribution < -0.4 is 10.2 Å². The number of hydrogen-bond acceptors (Lipinski definition) is 5. The highest BCUT2D eigenvalue weighted by molar-refractivity contribution is 5.92. The SMILES string of the molecule is Cc1cc(C(=O)NCc2ccccn2)nc(N(Cc2ccccc2)C(C)C)n1. The number of carbonyl (C=O) groups excluding carboxylic acids is 1. The van der Waals surface area contributed by atoms with Gasteiger partial charge in [-0.1, -0.05) is 36.4 Å². The summed E-state index contributed by atoms with van der Waals surface area (Å²) in [7, 11) is 0. The Morgan fingerprint density at radius 2 is 1.82 bits per heavy atom. The molecule has 3 aromatic rings. The Balaban J connectivity index is 1.79. The molecule has 0 atom stereocenters. The molecule has 28 heavy (non-hydrogen) atoms. The number of rotatable bonds is 7. The van der Waals surface area contributed by atoms with Crippen molar-refractivity contribution in [2.24, 2.45) is 0 Å². The van der Waals surface area contributed by atoms with E-state index >= 15 is 0 Å². The molecule has 0 saturated heterocycles. The van der Waals surface area contributed by atoms with Crippen LogP contribution in [0.15, 0.2) is 60.8 Å². The van der Waals surface area contributed by atoms with Gasteiger partial charge >= 0.3 is 0 Å². The summed E-state index contributed by atoms with van der Waals surface area (Å²) < 4.78 is 0. The van der Waals surface area contributed by atoms with Gasteiger partial charge < -0.3 is 10.2 Å². The first-order chi connectivity index (χ1) is 13.5. The first-order valence-corrected chi connectivity index (χ1v) is 9.37. The molecule has 0 aliphatic carbocycles. The molecule has 0 spiro atoms. The summed E-state index contributed by atoms with van der Waals surface area (Å²) in [5, 5.41) is 2.88. The lowest BCUT2D eigenvalue weighted by molar-refractivity contribution is 0.0945. The van der Waals surface area contributed by atoms with E-state index in [2.05, 4.69) is 51.1 Å². The highest BCUT2D eigenvalue weighted by Crippen LogP contribution is 2.17. The van der Waals surface area contributed by atoms with Gasteiger partial charge in [0.05, 0.1) is 12.2 Å². The molecular weight excluding hydrogens is 350 g/mol. The number of amides is 1. The number of anilines is 1. The zero-order valence-corrected chi connectivity index (χ0v) is 16.5. The summed E-state index contributed by atoms with van der Waals surface area (Å²) in [6.07, 6.45) is 1.71. The van der Waals surface area contributed by atoms with E-state index in [4.69, 9.17) is 0 Å². The van der Waals surface area contributed by atoms with E-state index < -0.39 is 0 Å². The van der Waals surface area contributed by atoms with Crippen LogP contribution in [0.3, 0.4) is 0 Å². The highest BCUT2D eigenvalue weighted by Gasteiger charge is 2.18. The quantitative estimate of drug-likeness (QED) is 0.684. The van der Waals surface area contributed by atoms with Crippen LogP contribution in [0.1, 0.15) is 41.3 Å². The van der Waals surface area contributed by atoms with Gasteiger partial charge in [-0.2, -0.15) is 0 Å². The third-order valence-electron chi connectivity index (χ3n) is 4.31. The van der Waals surface area contributed by atoms with Crippen LogP contribution in [0.2, 0.25) is 0 Å². The minimum Gasteiger partial charge on any atom is -0.345 e. The van der Waals surface area contributed by atoms with Crippen molar-refractivity contribution in [3.8, 4) is 0 Å². The number of aromatic nitrogens is 3. The monoisotopic (exact) mass is 375 g/mol. The second-order valence-corrected chi connectivity index (χ2v) is 6.91. The Morgan fingerprint density at radius 1 is 1.07 bits per heavy atom. The number of aryl methyl sites for hydroxylation is 1. The topological polar surface area (TPSA) is 71.0 Å². The van der Waals surface area contributed by atoms with E-state index in [0.29, 0.717) is 24.7 Å². The fourth-order valence-electron chi connectivity index (χ4n) is 2.83. The van der Waals surface area contributed by atoms with Gasteiger partial charge in [0.25, 0.3) is 5.91 Å². The first-order valence-electron chi connectivity index (χ1n) is 9.37. The molecule has 1 amide bonds. The van der Waals surface area contributed by atoms with E-state index in [1.54, 1.807) is 12.3 Å². The van der Waals surface area contributed by atoms with Crippen molar-refractivity contribution < 1.29 is 4.79 Å². The Hall–Kier alpha value is -3.28. The van der Waals surface area contributed by atoms with Crippen LogP contribution in [-0.4, -0.2) is 26.9 Å². The van der Waals surface area contributed by atoms with Gasteiger partial charge in [0.15, 0.2) is 0 Å². The smallest absolute Gasteiger partial charge is 0.270 e. The summed E-state index contributed by atoms with van der Waals surface area (Å²) in [6, 6.07) is 17.7. The van der Waals surface area contributed by atoms with Gasteiger partial charge in [-0.25, -0.2) is 9.97 Å². The van der Waals surface area contributed by atoms with Crippen molar-refractivity contribution >= 4 is 11.9 Å². The van der Waals surface area contributed by atoms with Crippen LogP contribution in [0, 0.1) is 6.92 Å². The van der Waals surface area contributed by atoms with Gasteiger partial charge in [0, 0.05) is 24.5 Å². The van der Waals surface area contributed by atoms with Crippen molar-refractivity contribution in [2.45, 2.75) is 39.9 Å². The average Bonchev–Trinajstić information content (AvgIpc) is 2.71. The number of nitrogens with one attached hydrogen (secondary N) is 1. The molecule has 6 heteroatoms. The number of benzene rings is 1. The third kappa shape index (κ3) is 5.13. The molecule has 2 heterocycles. The fourth-order valence-corrected chi connectivity index (χ4v) is 2.83. The number of hydrogen-bond donors (Lipinski definition) is 1. The van der Waals surface area contributed by atoms with Crippen LogP contribution in [0.25, 0.3) is 0 Å². The minimum absolute atomic E-state index is 0.187. The molecule has 0 aliphatic rings. The molecule has 0 saturated carbocycles. The third-order valence-corrected chi connectivity index (χ3v) is 4.31. The standard InChI is InChI=1S/C22H25N5O/c1-16(2)27(15-18-9-5-4-6-10-18)22-25-17(3)13-20(26-22)21(28)24-14-19-11-7-8-12-23-19/h4-13,16H,14-15H2,1-3H3,(H,24,28). The maximum absolute atomic E-state index is 12.6. The molecule has 0 fully saturated rings. The number of nitrogens with zero attached hydrogens (tertiary/aromatic N) is 4. The largest absolute Gasteiger partial charge is 0.345 e. The summed E-state index contributed by atoms with van der Waals surface area (Å²) in [5.74, 6) is 0.322. The van der Waals surface area contributed by atoms with E-state index in [1.165, 1.54) is 5.56 Å². The van der Waals surface area contributed by atoms with Gasteiger partial charge in [-0.15, -0.1) is 0 Å². The lowest BCUT2D eigenvalue weighted by Gasteiger charge is -2.27. The van der Waals surface area contributed by atoms with E-state index in [1.807, 2.05) is 43.3 Å². The van der Waals surface area contributed by atoms with Crippen LogP contribution in [-0.2, 0) is 13.1 Å². The summed E-state index contributed by atoms with van der Waals surface area (Å²) >= 11 is 0. The number of carbonyl (C=O) groups is 1. The van der Waals surface area contributed by atoms with E-state index in [-0.39, 0.29) is 11.9 Å². The molecule has 2 aromatic heterocycles. The lowest BCUT2D eigenvalue weighted by Crippen LogP contribution is -2.33. The van der Waals surface area contributed by atoms with Crippen LogP contribution in [0.5, 0.6) is 0 Å². The molecular formula is C22H25N5O. The predicted octanol–water partition coefficient (Wildman–Crippen LogP) is 3.53. The Labute approximate surface area is 165 Å². The molecule has 3 rings (SSSR count). The Kier molecular flexibility index (Phi) is 6.32. The zero-order valence-electron chi connectivity index (χ0n) is 16.5. The molecule has 0 radical (unpaired) electrons. The van der Waals surface area contributed by atoms with Gasteiger partial charge in [0.1, 0.15) is 5.69 Å². The fraction of sp³-hybridized carbons (Fsp3) is 0.273. The van der Waals surface area contributed by atoms with E-state index in [9.17, 15) is 4.79 Å². The Bertz CT molecular complexity index is 913. The minimum atomic E-state index is -0.235. The molecule has 6 nitrogen and oxygen atoms in total. The molecule has 0 unspecified atom stereocenters. The van der Waals surface area contributed by atoms with Gasteiger partial charge in [0.2, 0.25) is 5.95 Å². The first kappa shape index (κ1) is 19.5. The maximum atomic E-state index is 12.6. The molecule has 0 aliphatic heterocycles. The summed E-state index contributed by atoms with van der Waals surface area (Å²) in [6.45, 7) is 7.10. The Morgan fingerprint density at radius 3 is 2.50 bits per heavy atom. The molecule has 144 valence electrons. The molecule has 0 bridgehead atoms. The summed E-state index contributed by atoms with van der Waals surface area (Å²) in [5.41, 5.74) is 3.08. The van der Waals surface area contributed by atoms with Crippen molar-refractivity contribution in [1.29, 1.82) is 0 Å². The second-order valence-electron chi connectivity index (χ2n) is 6.91. The van der Waals surface area contributed by atoms with Gasteiger partial charge in [-0.3, -0.25) is 9.78 Å². The molecule has 1 N–H and O–H groups in total. The van der Waals surface area contributed by atoms with Crippen molar-refractivity contribution in [1.82, 2.24) is 20.3 Å². The lowest BCUT2D eigenvalue weighted by atomic mass is 10.2. The summed E-state index contributed by atoms with van der Waals surface area (Å²) in [4.78, 5) is 28.1.